The highest BCUT2D eigenvalue weighted by Gasteiger charge is 2.29. The van der Waals surface area contributed by atoms with Crippen LogP contribution in [0.25, 0.3) is 0 Å². The number of piperidine rings is 1. The highest BCUT2D eigenvalue weighted by Crippen LogP contribution is 2.39. The van der Waals surface area contributed by atoms with Gasteiger partial charge in [-0.25, -0.2) is 4.98 Å². The number of hydrogen-bond donors (Lipinski definition) is 1. The monoisotopic (exact) mass is 292 g/mol. The van der Waals surface area contributed by atoms with E-state index in [2.05, 4.69) is 29.8 Å². The van der Waals surface area contributed by atoms with E-state index >= 15 is 0 Å². The van der Waals surface area contributed by atoms with Crippen molar-refractivity contribution < 1.29 is 0 Å². The minimum atomic E-state index is 0.470. The second kappa shape index (κ2) is 5.61. The van der Waals surface area contributed by atoms with Gasteiger partial charge in [0.15, 0.2) is 0 Å². The van der Waals surface area contributed by atoms with Crippen LogP contribution in [-0.2, 0) is 0 Å². The van der Waals surface area contributed by atoms with Gasteiger partial charge in [-0.3, -0.25) is 0 Å². The first-order valence-corrected chi connectivity index (χ1v) is 7.88. The summed E-state index contributed by atoms with van der Waals surface area (Å²) < 4.78 is 0. The molecule has 2 aromatic rings. The van der Waals surface area contributed by atoms with Crippen LogP contribution in [0.15, 0.2) is 29.6 Å². The van der Waals surface area contributed by atoms with Crippen molar-refractivity contribution in [3.05, 3.63) is 50.9 Å². The van der Waals surface area contributed by atoms with Crippen molar-refractivity contribution in [3.8, 4) is 0 Å². The van der Waals surface area contributed by atoms with Crippen LogP contribution in [0.5, 0.6) is 0 Å². The lowest BCUT2D eigenvalue weighted by atomic mass is 9.82. The van der Waals surface area contributed by atoms with Gasteiger partial charge >= 0.3 is 0 Å². The Balaban J connectivity index is 1.93. The van der Waals surface area contributed by atoms with Gasteiger partial charge in [-0.1, -0.05) is 23.7 Å². The Hall–Kier alpha value is -0.900. The van der Waals surface area contributed by atoms with Crippen molar-refractivity contribution in [2.24, 2.45) is 0 Å². The van der Waals surface area contributed by atoms with Gasteiger partial charge in [0, 0.05) is 34.5 Å². The van der Waals surface area contributed by atoms with E-state index < -0.39 is 0 Å². The van der Waals surface area contributed by atoms with E-state index in [1.807, 2.05) is 12.1 Å². The molecule has 1 saturated heterocycles. The van der Waals surface area contributed by atoms with E-state index in [9.17, 15) is 0 Å². The maximum atomic E-state index is 6.13. The van der Waals surface area contributed by atoms with Crippen molar-refractivity contribution >= 4 is 22.9 Å². The van der Waals surface area contributed by atoms with Crippen molar-refractivity contribution in [1.82, 2.24) is 10.3 Å². The second-order valence-electron chi connectivity index (χ2n) is 5.09. The fourth-order valence-corrected chi connectivity index (χ4v) is 3.98. The maximum Gasteiger partial charge on any atom is 0.0966 e. The Bertz CT molecular complexity index is 567. The quantitative estimate of drug-likeness (QED) is 0.906. The Morgan fingerprint density at radius 2 is 2.26 bits per heavy atom. The summed E-state index contributed by atoms with van der Waals surface area (Å²) in [5, 5.41) is 7.72. The molecular formula is C15H17ClN2S. The third-order valence-corrected chi connectivity index (χ3v) is 5.04. The van der Waals surface area contributed by atoms with Gasteiger partial charge in [-0.05, 0) is 37.6 Å². The van der Waals surface area contributed by atoms with Crippen molar-refractivity contribution in [3.63, 3.8) is 0 Å². The first kappa shape index (κ1) is 13.1. The number of thiazole rings is 1. The average molecular weight is 293 g/mol. The predicted octanol–water partition coefficient (Wildman–Crippen LogP) is 3.97. The summed E-state index contributed by atoms with van der Waals surface area (Å²) in [6.07, 6.45) is 1.14. The molecule has 0 saturated carbocycles. The van der Waals surface area contributed by atoms with Gasteiger partial charge in [0.2, 0.25) is 0 Å². The van der Waals surface area contributed by atoms with Crippen LogP contribution in [0, 0.1) is 6.92 Å². The molecule has 1 fully saturated rings. The molecule has 3 rings (SSSR count). The Kier molecular flexibility index (Phi) is 3.87. The molecule has 100 valence electrons. The lowest BCUT2D eigenvalue weighted by Gasteiger charge is -2.31. The number of nitrogens with one attached hydrogen (secondary N) is 1. The fraction of sp³-hybridized carbons (Fsp3) is 0.400. The van der Waals surface area contributed by atoms with Crippen LogP contribution in [0.2, 0.25) is 5.02 Å². The van der Waals surface area contributed by atoms with E-state index in [1.165, 1.54) is 10.6 Å². The highest BCUT2D eigenvalue weighted by atomic mass is 35.5. The molecular weight excluding hydrogens is 276 g/mol. The number of rotatable bonds is 2. The minimum absolute atomic E-state index is 0.470. The summed E-state index contributed by atoms with van der Waals surface area (Å²) in [6, 6.07) is 8.24. The smallest absolute Gasteiger partial charge is 0.0966 e. The molecule has 0 aliphatic carbocycles. The molecule has 0 amide bonds. The number of aryl methyl sites for hydroxylation is 1. The van der Waals surface area contributed by atoms with Crippen molar-refractivity contribution in [1.29, 1.82) is 0 Å². The molecule has 2 atom stereocenters. The normalized spacial score (nSPS) is 23.5. The standard InChI is InChI=1S/C15H17ClN2S/c1-10-9-19-15(18-10)13-5-6-17-8-14(13)11-3-2-4-12(16)7-11/h2-4,7,9,13-14,17H,5-6,8H2,1H3. The summed E-state index contributed by atoms with van der Waals surface area (Å²) in [6.45, 7) is 4.14. The molecule has 1 aliphatic heterocycles. The third-order valence-electron chi connectivity index (χ3n) is 3.71. The molecule has 2 unspecified atom stereocenters. The van der Waals surface area contributed by atoms with Gasteiger partial charge in [0.1, 0.15) is 0 Å². The Morgan fingerprint density at radius 3 is 3.00 bits per heavy atom. The van der Waals surface area contributed by atoms with Gasteiger partial charge < -0.3 is 5.32 Å². The molecule has 2 heterocycles. The number of nitrogens with zero attached hydrogens (tertiary/aromatic N) is 1. The number of halogens is 1. The summed E-state index contributed by atoms with van der Waals surface area (Å²) >= 11 is 7.92. The molecule has 2 nitrogen and oxygen atoms in total. The van der Waals surface area contributed by atoms with Crippen molar-refractivity contribution in [2.75, 3.05) is 13.1 Å². The van der Waals surface area contributed by atoms with Crippen LogP contribution in [-0.4, -0.2) is 18.1 Å². The zero-order valence-electron chi connectivity index (χ0n) is 10.9. The molecule has 0 spiro atoms. The SMILES string of the molecule is Cc1csc(C2CCNCC2c2cccc(Cl)c2)n1. The van der Waals surface area contributed by atoms with Crippen LogP contribution >= 0.6 is 22.9 Å². The van der Waals surface area contributed by atoms with Crippen LogP contribution in [0.4, 0.5) is 0 Å². The summed E-state index contributed by atoms with van der Waals surface area (Å²) in [5.74, 6) is 0.983. The van der Waals surface area contributed by atoms with E-state index in [0.717, 1.165) is 30.2 Å². The lowest BCUT2D eigenvalue weighted by Crippen LogP contribution is -2.34. The largest absolute Gasteiger partial charge is 0.316 e. The second-order valence-corrected chi connectivity index (χ2v) is 6.41. The number of hydrogen-bond acceptors (Lipinski definition) is 3. The van der Waals surface area contributed by atoms with Crippen molar-refractivity contribution in [2.45, 2.75) is 25.2 Å². The van der Waals surface area contributed by atoms with Crippen LogP contribution < -0.4 is 5.32 Å². The lowest BCUT2D eigenvalue weighted by molar-refractivity contribution is 0.403. The van der Waals surface area contributed by atoms with Gasteiger partial charge in [-0.15, -0.1) is 11.3 Å². The fourth-order valence-electron chi connectivity index (χ4n) is 2.78. The summed E-state index contributed by atoms with van der Waals surface area (Å²) in [7, 11) is 0. The van der Waals surface area contributed by atoms with Gasteiger partial charge in [0.25, 0.3) is 0 Å². The van der Waals surface area contributed by atoms with Gasteiger partial charge in [0.05, 0.1) is 5.01 Å². The van der Waals surface area contributed by atoms with E-state index in [1.54, 1.807) is 11.3 Å². The summed E-state index contributed by atoms with van der Waals surface area (Å²) in [5.41, 5.74) is 2.45. The molecule has 1 aromatic carbocycles. The first-order chi connectivity index (χ1) is 9.24. The Morgan fingerprint density at radius 1 is 1.37 bits per heavy atom. The minimum Gasteiger partial charge on any atom is -0.316 e. The van der Waals surface area contributed by atoms with Crippen LogP contribution in [0.3, 0.4) is 0 Å². The number of aromatic nitrogens is 1. The molecule has 1 aromatic heterocycles. The highest BCUT2D eigenvalue weighted by molar-refractivity contribution is 7.09. The van der Waals surface area contributed by atoms with Crippen LogP contribution in [0.1, 0.15) is 34.5 Å². The molecule has 4 heteroatoms. The Labute approximate surface area is 122 Å². The molecule has 19 heavy (non-hydrogen) atoms. The molecule has 1 aliphatic rings. The zero-order valence-corrected chi connectivity index (χ0v) is 12.5. The average Bonchev–Trinajstić information content (AvgIpc) is 2.85. The van der Waals surface area contributed by atoms with E-state index in [4.69, 9.17) is 16.6 Å². The topological polar surface area (TPSA) is 24.9 Å². The summed E-state index contributed by atoms with van der Waals surface area (Å²) in [4.78, 5) is 4.69. The third kappa shape index (κ3) is 2.83. The van der Waals surface area contributed by atoms with Gasteiger partial charge in [-0.2, -0.15) is 0 Å². The molecule has 1 N–H and O–H groups in total. The van der Waals surface area contributed by atoms with E-state index in [0.29, 0.717) is 11.8 Å². The van der Waals surface area contributed by atoms with E-state index in [-0.39, 0.29) is 0 Å². The first-order valence-electron chi connectivity index (χ1n) is 6.62. The predicted molar refractivity (Wildman–Crippen MR) is 81.3 cm³/mol. The molecule has 0 bridgehead atoms. The molecule has 0 radical (unpaired) electrons. The maximum absolute atomic E-state index is 6.13. The zero-order chi connectivity index (χ0) is 13.2. The number of benzene rings is 1.